The molecule has 0 spiro atoms. The van der Waals surface area contributed by atoms with Crippen molar-refractivity contribution in [1.29, 1.82) is 0 Å². The molecule has 2 N–H and O–H groups in total. The zero-order valence-corrected chi connectivity index (χ0v) is 16.3. The quantitative estimate of drug-likeness (QED) is 0.784. The number of benzene rings is 1. The van der Waals surface area contributed by atoms with Gasteiger partial charge in [0.2, 0.25) is 5.91 Å². The molecule has 1 aromatic rings. The van der Waals surface area contributed by atoms with E-state index in [2.05, 4.69) is 21.6 Å². The molecule has 142 valence electrons. The number of hydrogen-bond donors (Lipinski definition) is 2. The van der Waals surface area contributed by atoms with Crippen LogP contribution >= 0.6 is 24.8 Å². The van der Waals surface area contributed by atoms with E-state index in [1.54, 1.807) is 7.11 Å². The van der Waals surface area contributed by atoms with Gasteiger partial charge in [0.05, 0.1) is 19.1 Å². The van der Waals surface area contributed by atoms with Gasteiger partial charge in [-0.2, -0.15) is 0 Å². The fourth-order valence-corrected chi connectivity index (χ4v) is 3.65. The first-order chi connectivity index (χ1) is 11.3. The topological polar surface area (TPSA) is 53.6 Å². The molecule has 3 rings (SSSR count). The summed E-state index contributed by atoms with van der Waals surface area (Å²) < 4.78 is 5.54. The van der Waals surface area contributed by atoms with E-state index in [4.69, 9.17) is 4.74 Å². The van der Waals surface area contributed by atoms with Crippen molar-refractivity contribution >= 4 is 30.7 Å². The van der Waals surface area contributed by atoms with Gasteiger partial charge in [-0.25, -0.2) is 0 Å². The highest BCUT2D eigenvalue weighted by molar-refractivity contribution is 5.85. The van der Waals surface area contributed by atoms with Gasteiger partial charge in [0.15, 0.2) is 0 Å². The summed E-state index contributed by atoms with van der Waals surface area (Å²) in [5.41, 5.74) is 1.17. The fraction of sp³-hybridized carbons (Fsp3) is 0.611. The van der Waals surface area contributed by atoms with Gasteiger partial charge < -0.3 is 15.4 Å². The molecule has 0 aromatic heterocycles. The smallest absolute Gasteiger partial charge is 0.224 e. The molecule has 7 heteroatoms. The molecule has 2 aliphatic rings. The number of nitrogens with one attached hydrogen (secondary N) is 2. The van der Waals surface area contributed by atoms with Crippen molar-refractivity contribution in [2.75, 3.05) is 39.8 Å². The Morgan fingerprint density at radius 2 is 2.04 bits per heavy atom. The summed E-state index contributed by atoms with van der Waals surface area (Å²) in [4.78, 5) is 14.8. The number of carbonyl (C=O) groups is 1. The molecule has 2 fully saturated rings. The third kappa shape index (κ3) is 5.48. The van der Waals surface area contributed by atoms with E-state index < -0.39 is 0 Å². The molecular weight excluding hydrogens is 361 g/mol. The molecule has 2 atom stereocenters. The standard InChI is InChI=1S/C18H27N3O2.2ClH/c1-23-17-7-3-2-6-15(17)16(21-10-4-5-11-21)13-20-18(22)14-8-9-19-12-14;;/h2-3,6-7,14,16,19H,4-5,8-13H2,1H3,(H,20,22);2*1H. The molecule has 1 aromatic carbocycles. The van der Waals surface area contributed by atoms with E-state index in [-0.39, 0.29) is 42.7 Å². The second kappa shape index (κ2) is 10.9. The van der Waals surface area contributed by atoms with Crippen molar-refractivity contribution in [2.45, 2.75) is 25.3 Å². The minimum absolute atomic E-state index is 0. The molecule has 5 nitrogen and oxygen atoms in total. The summed E-state index contributed by atoms with van der Waals surface area (Å²) in [6, 6.07) is 8.34. The summed E-state index contributed by atoms with van der Waals surface area (Å²) in [6.45, 7) is 4.57. The Morgan fingerprint density at radius 3 is 2.68 bits per heavy atom. The summed E-state index contributed by atoms with van der Waals surface area (Å²) in [7, 11) is 1.71. The zero-order chi connectivity index (χ0) is 16.1. The number of para-hydroxylation sites is 1. The van der Waals surface area contributed by atoms with Crippen molar-refractivity contribution in [3.8, 4) is 5.75 Å². The largest absolute Gasteiger partial charge is 0.496 e. The first kappa shape index (κ1) is 22.0. The number of likely N-dealkylation sites (tertiary alicyclic amines) is 1. The normalized spacial score (nSPS) is 21.1. The van der Waals surface area contributed by atoms with Crippen molar-refractivity contribution in [1.82, 2.24) is 15.5 Å². The summed E-state index contributed by atoms with van der Waals surface area (Å²) in [5.74, 6) is 1.20. The van der Waals surface area contributed by atoms with Gasteiger partial charge in [-0.05, 0) is 45.0 Å². The first-order valence-electron chi connectivity index (χ1n) is 8.65. The summed E-state index contributed by atoms with van der Waals surface area (Å²) >= 11 is 0. The lowest BCUT2D eigenvalue weighted by molar-refractivity contribution is -0.124. The van der Waals surface area contributed by atoms with E-state index in [9.17, 15) is 4.79 Å². The fourth-order valence-electron chi connectivity index (χ4n) is 3.65. The molecule has 0 saturated carbocycles. The van der Waals surface area contributed by atoms with E-state index in [1.807, 2.05) is 18.2 Å². The van der Waals surface area contributed by atoms with Crippen LogP contribution in [0.3, 0.4) is 0 Å². The number of amides is 1. The Bertz CT molecular complexity index is 533. The molecule has 1 amide bonds. The zero-order valence-electron chi connectivity index (χ0n) is 14.7. The predicted molar refractivity (Wildman–Crippen MR) is 105 cm³/mol. The number of ether oxygens (including phenoxy) is 1. The van der Waals surface area contributed by atoms with Crippen LogP contribution in [-0.4, -0.2) is 50.6 Å². The lowest BCUT2D eigenvalue weighted by Crippen LogP contribution is -2.39. The Labute approximate surface area is 162 Å². The molecular formula is C18H29Cl2N3O2. The van der Waals surface area contributed by atoms with E-state index in [0.717, 1.165) is 38.3 Å². The molecule has 2 heterocycles. The van der Waals surface area contributed by atoms with Gasteiger partial charge in [0.1, 0.15) is 5.75 Å². The molecule has 2 saturated heterocycles. The lowest BCUT2D eigenvalue weighted by Gasteiger charge is -2.29. The van der Waals surface area contributed by atoms with Crippen molar-refractivity contribution in [3.05, 3.63) is 29.8 Å². The second-order valence-corrected chi connectivity index (χ2v) is 6.44. The van der Waals surface area contributed by atoms with Crippen molar-refractivity contribution in [2.24, 2.45) is 5.92 Å². The van der Waals surface area contributed by atoms with Crippen LogP contribution in [0, 0.1) is 5.92 Å². The minimum Gasteiger partial charge on any atom is -0.496 e. The lowest BCUT2D eigenvalue weighted by atomic mass is 10.0. The Morgan fingerprint density at radius 1 is 1.32 bits per heavy atom. The molecule has 0 bridgehead atoms. The number of halogens is 2. The number of methoxy groups -OCH3 is 1. The van der Waals surface area contributed by atoms with Gasteiger partial charge in [0, 0.05) is 18.7 Å². The number of nitrogens with zero attached hydrogens (tertiary/aromatic N) is 1. The summed E-state index contributed by atoms with van der Waals surface area (Å²) in [6.07, 6.45) is 3.40. The van der Waals surface area contributed by atoms with Gasteiger partial charge in [-0.3, -0.25) is 9.69 Å². The SMILES string of the molecule is COc1ccccc1C(CNC(=O)C1CCNC1)N1CCCC1.Cl.Cl. The van der Waals surface area contributed by atoms with E-state index in [1.165, 1.54) is 18.4 Å². The highest BCUT2D eigenvalue weighted by Crippen LogP contribution is 2.31. The minimum atomic E-state index is 0. The molecule has 2 unspecified atom stereocenters. The van der Waals surface area contributed by atoms with Crippen LogP contribution in [0.15, 0.2) is 24.3 Å². The van der Waals surface area contributed by atoms with Crippen LogP contribution in [-0.2, 0) is 4.79 Å². The highest BCUT2D eigenvalue weighted by atomic mass is 35.5. The van der Waals surface area contributed by atoms with Crippen LogP contribution < -0.4 is 15.4 Å². The molecule has 0 radical (unpaired) electrons. The second-order valence-electron chi connectivity index (χ2n) is 6.44. The number of rotatable bonds is 6. The van der Waals surface area contributed by atoms with Crippen molar-refractivity contribution in [3.63, 3.8) is 0 Å². The highest BCUT2D eigenvalue weighted by Gasteiger charge is 2.28. The molecule has 25 heavy (non-hydrogen) atoms. The first-order valence-corrected chi connectivity index (χ1v) is 8.65. The molecule has 2 aliphatic heterocycles. The third-order valence-electron chi connectivity index (χ3n) is 4.98. The van der Waals surface area contributed by atoms with E-state index in [0.29, 0.717) is 6.54 Å². The monoisotopic (exact) mass is 389 g/mol. The maximum absolute atomic E-state index is 12.3. The van der Waals surface area contributed by atoms with Crippen molar-refractivity contribution < 1.29 is 9.53 Å². The average molecular weight is 390 g/mol. The van der Waals surface area contributed by atoms with Crippen LogP contribution in [0.1, 0.15) is 30.9 Å². The predicted octanol–water partition coefficient (Wildman–Crippen LogP) is 2.40. The molecule has 0 aliphatic carbocycles. The van der Waals surface area contributed by atoms with Gasteiger partial charge >= 0.3 is 0 Å². The van der Waals surface area contributed by atoms with Gasteiger partial charge in [-0.1, -0.05) is 18.2 Å². The number of hydrogen-bond acceptors (Lipinski definition) is 4. The maximum Gasteiger partial charge on any atom is 0.224 e. The van der Waals surface area contributed by atoms with Crippen LogP contribution in [0.25, 0.3) is 0 Å². The van der Waals surface area contributed by atoms with E-state index >= 15 is 0 Å². The van der Waals surface area contributed by atoms with Crippen LogP contribution in [0.5, 0.6) is 5.75 Å². The Hall–Kier alpha value is -1.01. The third-order valence-corrected chi connectivity index (χ3v) is 4.98. The Balaban J connectivity index is 0.00000156. The summed E-state index contributed by atoms with van der Waals surface area (Å²) in [5, 5.41) is 6.43. The van der Waals surface area contributed by atoms with Crippen LogP contribution in [0.4, 0.5) is 0 Å². The van der Waals surface area contributed by atoms with Gasteiger partial charge in [0.25, 0.3) is 0 Å². The number of carbonyl (C=O) groups excluding carboxylic acids is 1. The average Bonchev–Trinajstić information content (AvgIpc) is 3.29. The van der Waals surface area contributed by atoms with Crippen LogP contribution in [0.2, 0.25) is 0 Å². The Kier molecular flexibility index (Phi) is 9.57. The van der Waals surface area contributed by atoms with Gasteiger partial charge in [-0.15, -0.1) is 24.8 Å². The maximum atomic E-state index is 12.3.